The molecule has 0 radical (unpaired) electrons. The Hall–Kier alpha value is -2.80. The molecule has 2 aromatic carbocycles. The summed E-state index contributed by atoms with van der Waals surface area (Å²) in [5, 5.41) is 3.12. The van der Waals surface area contributed by atoms with E-state index in [1.54, 1.807) is 24.3 Å². The lowest BCUT2D eigenvalue weighted by atomic mass is 9.73. The first kappa shape index (κ1) is 23.0. The molecule has 2 aliphatic heterocycles. The van der Waals surface area contributed by atoms with Crippen LogP contribution in [0.2, 0.25) is 0 Å². The van der Waals surface area contributed by atoms with Crippen LogP contribution in [0.1, 0.15) is 49.7 Å². The highest BCUT2D eigenvalue weighted by Gasteiger charge is 2.57. The van der Waals surface area contributed by atoms with Crippen molar-refractivity contribution < 1.29 is 18.4 Å². The molecule has 3 fully saturated rings. The van der Waals surface area contributed by atoms with Gasteiger partial charge in [0.15, 0.2) is 0 Å². The summed E-state index contributed by atoms with van der Waals surface area (Å²) < 4.78 is 27.7. The number of likely N-dealkylation sites (tertiary alicyclic amines) is 1. The lowest BCUT2D eigenvalue weighted by Gasteiger charge is -2.41. The molecule has 5 rings (SSSR count). The molecule has 2 aromatic rings. The van der Waals surface area contributed by atoms with Crippen molar-refractivity contribution in [3.63, 3.8) is 0 Å². The van der Waals surface area contributed by atoms with Gasteiger partial charge in [0, 0.05) is 24.6 Å². The van der Waals surface area contributed by atoms with Gasteiger partial charge in [-0.25, -0.2) is 13.6 Å². The van der Waals surface area contributed by atoms with E-state index in [1.165, 1.54) is 23.1 Å². The van der Waals surface area contributed by atoms with Gasteiger partial charge < -0.3 is 5.32 Å². The zero-order valence-electron chi connectivity index (χ0n) is 19.3. The number of carbonyl (C=O) groups is 2. The highest BCUT2D eigenvalue weighted by atomic mass is 19.1. The Balaban J connectivity index is 1.37. The van der Waals surface area contributed by atoms with Crippen molar-refractivity contribution in [2.75, 3.05) is 13.1 Å². The van der Waals surface area contributed by atoms with Crippen molar-refractivity contribution in [2.45, 2.75) is 63.1 Å². The molecule has 1 atom stereocenters. The Bertz CT molecular complexity index is 1050. The molecule has 5 nitrogen and oxygen atoms in total. The lowest BCUT2D eigenvalue weighted by molar-refractivity contribution is -0.135. The maximum absolute atomic E-state index is 14.1. The number of halogens is 2. The van der Waals surface area contributed by atoms with E-state index in [0.717, 1.165) is 57.2 Å². The Labute approximate surface area is 199 Å². The third-order valence-electron chi connectivity index (χ3n) is 7.87. The van der Waals surface area contributed by atoms with Crippen molar-refractivity contribution in [1.82, 2.24) is 15.1 Å². The van der Waals surface area contributed by atoms with E-state index in [0.29, 0.717) is 18.5 Å². The first-order valence-corrected chi connectivity index (χ1v) is 12.3. The van der Waals surface area contributed by atoms with E-state index >= 15 is 0 Å². The van der Waals surface area contributed by atoms with Crippen LogP contribution >= 0.6 is 0 Å². The number of urea groups is 1. The van der Waals surface area contributed by atoms with Crippen molar-refractivity contribution in [3.8, 4) is 0 Å². The number of carbonyl (C=O) groups excluding carboxylic acids is 2. The number of imide groups is 1. The molecule has 1 saturated carbocycles. The topological polar surface area (TPSA) is 52.7 Å². The second-order valence-corrected chi connectivity index (χ2v) is 9.96. The molecule has 7 heteroatoms. The molecule has 2 heterocycles. The molecule has 2 saturated heterocycles. The minimum absolute atomic E-state index is 0.0382. The number of amides is 3. The zero-order valence-corrected chi connectivity index (χ0v) is 19.3. The smallest absolute Gasteiger partial charge is 0.322 e. The van der Waals surface area contributed by atoms with Crippen molar-refractivity contribution in [2.24, 2.45) is 5.92 Å². The summed E-state index contributed by atoms with van der Waals surface area (Å²) in [6.07, 6.45) is 5.56. The largest absolute Gasteiger partial charge is 0.325 e. The van der Waals surface area contributed by atoms with Crippen molar-refractivity contribution in [1.29, 1.82) is 0 Å². The quantitative estimate of drug-likeness (QED) is 0.629. The highest BCUT2D eigenvalue weighted by Crippen LogP contribution is 2.39. The Morgan fingerprint density at radius 1 is 0.912 bits per heavy atom. The molecule has 0 spiro atoms. The summed E-state index contributed by atoms with van der Waals surface area (Å²) in [7, 11) is 0. The van der Waals surface area contributed by atoms with Crippen LogP contribution in [0.3, 0.4) is 0 Å². The minimum Gasteiger partial charge on any atom is -0.322 e. The van der Waals surface area contributed by atoms with Crippen LogP contribution in [-0.4, -0.2) is 46.4 Å². The molecular formula is C27H31F2N3O2. The summed E-state index contributed by atoms with van der Waals surface area (Å²) in [6, 6.07) is 12.7. The van der Waals surface area contributed by atoms with Crippen LogP contribution in [-0.2, 0) is 17.8 Å². The van der Waals surface area contributed by atoms with Crippen LogP contribution in [0.15, 0.2) is 48.5 Å². The van der Waals surface area contributed by atoms with Crippen LogP contribution in [0.5, 0.6) is 0 Å². The maximum Gasteiger partial charge on any atom is 0.325 e. The highest BCUT2D eigenvalue weighted by molar-refractivity contribution is 6.07. The number of hydrogen-bond acceptors (Lipinski definition) is 3. The fraction of sp³-hybridized carbons (Fsp3) is 0.481. The Kier molecular flexibility index (Phi) is 6.38. The van der Waals surface area contributed by atoms with Crippen molar-refractivity contribution in [3.05, 3.63) is 71.3 Å². The fourth-order valence-electron chi connectivity index (χ4n) is 6.02. The summed E-state index contributed by atoms with van der Waals surface area (Å²) in [5.74, 6) is -0.713. The molecule has 3 aliphatic rings. The molecule has 180 valence electrons. The van der Waals surface area contributed by atoms with Gasteiger partial charge >= 0.3 is 6.03 Å². The van der Waals surface area contributed by atoms with Crippen LogP contribution in [0.25, 0.3) is 0 Å². The van der Waals surface area contributed by atoms with E-state index in [1.807, 2.05) is 6.07 Å². The third kappa shape index (κ3) is 4.33. The van der Waals surface area contributed by atoms with Gasteiger partial charge in [0.05, 0.1) is 0 Å². The number of nitrogens with one attached hydrogen (secondary N) is 1. The minimum atomic E-state index is -1.03. The number of nitrogens with zero attached hydrogens (tertiary/aromatic N) is 2. The third-order valence-corrected chi connectivity index (χ3v) is 7.87. The standard InChI is InChI=1S/C27H31F2N3O2/c28-22-11-9-19(10-12-22)17-27(25(33)32(26(34)30-27)23-6-2-3-7-23)21-13-15-31(16-14-21)18-20-5-1-4-8-24(20)29/h1,4-5,8-12,21,23H,2-3,6-7,13-18H2,(H,30,34). The van der Waals surface area contributed by atoms with E-state index in [-0.39, 0.29) is 35.5 Å². The van der Waals surface area contributed by atoms with Crippen LogP contribution in [0.4, 0.5) is 13.6 Å². The molecule has 1 unspecified atom stereocenters. The molecule has 1 aliphatic carbocycles. The van der Waals surface area contributed by atoms with Gasteiger partial charge in [-0.05, 0) is 68.5 Å². The van der Waals surface area contributed by atoms with Crippen LogP contribution in [0, 0.1) is 17.6 Å². The molecule has 0 aromatic heterocycles. The van der Waals surface area contributed by atoms with Gasteiger partial charge in [-0.3, -0.25) is 14.6 Å². The monoisotopic (exact) mass is 467 g/mol. The second-order valence-electron chi connectivity index (χ2n) is 9.96. The average Bonchev–Trinajstić information content (AvgIpc) is 3.44. The summed E-state index contributed by atoms with van der Waals surface area (Å²) >= 11 is 0. The van der Waals surface area contributed by atoms with E-state index < -0.39 is 5.54 Å². The van der Waals surface area contributed by atoms with Crippen LogP contribution < -0.4 is 5.32 Å². The Morgan fingerprint density at radius 2 is 1.59 bits per heavy atom. The molecule has 3 amide bonds. The van der Waals surface area contributed by atoms with Gasteiger partial charge in [-0.2, -0.15) is 0 Å². The Morgan fingerprint density at radius 3 is 2.26 bits per heavy atom. The predicted octanol–water partition coefficient (Wildman–Crippen LogP) is 4.65. The summed E-state index contributed by atoms with van der Waals surface area (Å²) in [4.78, 5) is 30.7. The zero-order chi connectivity index (χ0) is 23.7. The number of benzene rings is 2. The lowest BCUT2D eigenvalue weighted by Crippen LogP contribution is -2.57. The number of piperidine rings is 1. The molecular weight excluding hydrogens is 436 g/mol. The average molecular weight is 468 g/mol. The normalized spacial score (nSPS) is 24.7. The van der Waals surface area contributed by atoms with E-state index in [2.05, 4.69) is 10.2 Å². The summed E-state index contributed by atoms with van der Waals surface area (Å²) in [5.41, 5.74) is 0.471. The maximum atomic E-state index is 14.1. The van der Waals surface area contributed by atoms with E-state index in [9.17, 15) is 18.4 Å². The van der Waals surface area contributed by atoms with Gasteiger partial charge in [0.2, 0.25) is 0 Å². The molecule has 0 bridgehead atoms. The van der Waals surface area contributed by atoms with Gasteiger partial charge in [-0.15, -0.1) is 0 Å². The summed E-state index contributed by atoms with van der Waals surface area (Å²) in [6.45, 7) is 1.96. The molecule has 1 N–H and O–H groups in total. The number of rotatable bonds is 6. The van der Waals surface area contributed by atoms with Gasteiger partial charge in [-0.1, -0.05) is 43.2 Å². The van der Waals surface area contributed by atoms with Gasteiger partial charge in [0.25, 0.3) is 5.91 Å². The fourth-order valence-corrected chi connectivity index (χ4v) is 6.02. The van der Waals surface area contributed by atoms with E-state index in [4.69, 9.17) is 0 Å². The van der Waals surface area contributed by atoms with Gasteiger partial charge in [0.1, 0.15) is 17.2 Å². The predicted molar refractivity (Wildman–Crippen MR) is 125 cm³/mol. The number of hydrogen-bond donors (Lipinski definition) is 1. The van der Waals surface area contributed by atoms with Crippen molar-refractivity contribution >= 4 is 11.9 Å². The first-order valence-electron chi connectivity index (χ1n) is 12.3. The first-order chi connectivity index (χ1) is 16.5. The molecule has 34 heavy (non-hydrogen) atoms. The SMILES string of the molecule is O=C1NC(Cc2ccc(F)cc2)(C2CCN(Cc3ccccc3F)CC2)C(=O)N1C1CCCC1. The second kappa shape index (κ2) is 9.45.